The van der Waals surface area contributed by atoms with Crippen molar-refractivity contribution in [1.82, 2.24) is 0 Å². The Kier molecular flexibility index (Phi) is 4.83. The average Bonchev–Trinajstić information content (AvgIpc) is 2.44. The van der Waals surface area contributed by atoms with Crippen LogP contribution in [0.15, 0.2) is 36.4 Å². The molecule has 0 fully saturated rings. The van der Waals surface area contributed by atoms with E-state index in [1.807, 2.05) is 0 Å². The van der Waals surface area contributed by atoms with Gasteiger partial charge >= 0.3 is 12.4 Å². The van der Waals surface area contributed by atoms with Crippen molar-refractivity contribution in [2.75, 3.05) is 0 Å². The third kappa shape index (κ3) is 3.81. The number of hydrogen-bond donors (Lipinski definition) is 1. The lowest BCUT2D eigenvalue weighted by Crippen LogP contribution is -2.14. The number of benzene rings is 2. The largest absolute Gasteiger partial charge is 0.416 e. The minimum Gasteiger partial charge on any atom is -0.383 e. The van der Waals surface area contributed by atoms with Gasteiger partial charge in [0.1, 0.15) is 11.9 Å². The van der Waals surface area contributed by atoms with Gasteiger partial charge in [0.2, 0.25) is 0 Å². The Hall–Kier alpha value is -1.80. The first-order valence-electron chi connectivity index (χ1n) is 6.32. The summed E-state index contributed by atoms with van der Waals surface area (Å²) in [4.78, 5) is 0. The van der Waals surface area contributed by atoms with E-state index in [-0.39, 0.29) is 11.1 Å². The Morgan fingerprint density at radius 3 is 1.79 bits per heavy atom. The van der Waals surface area contributed by atoms with Crippen molar-refractivity contribution < 1.29 is 35.8 Å². The van der Waals surface area contributed by atoms with Gasteiger partial charge in [0, 0.05) is 10.6 Å². The highest BCUT2D eigenvalue weighted by molar-refractivity contribution is 6.31. The first-order valence-corrected chi connectivity index (χ1v) is 6.70. The van der Waals surface area contributed by atoms with Crippen LogP contribution in [0.1, 0.15) is 28.4 Å². The zero-order valence-electron chi connectivity index (χ0n) is 11.5. The Morgan fingerprint density at radius 2 is 1.38 bits per heavy atom. The predicted octanol–water partition coefficient (Wildman–Crippen LogP) is 5.60. The number of hydrogen-bond acceptors (Lipinski definition) is 1. The quantitative estimate of drug-likeness (QED) is 0.680. The van der Waals surface area contributed by atoms with Gasteiger partial charge in [-0.15, -0.1) is 0 Å². The molecule has 130 valence electrons. The van der Waals surface area contributed by atoms with Crippen molar-refractivity contribution in [2.24, 2.45) is 0 Å². The molecule has 1 atom stereocenters. The Balaban J connectivity index is 2.65. The van der Waals surface area contributed by atoms with E-state index in [1.165, 1.54) is 6.07 Å². The van der Waals surface area contributed by atoms with Gasteiger partial charge in [0.25, 0.3) is 0 Å². The Morgan fingerprint density at radius 1 is 0.875 bits per heavy atom. The second-order valence-electron chi connectivity index (χ2n) is 4.88. The Labute approximate surface area is 136 Å². The summed E-state index contributed by atoms with van der Waals surface area (Å²) in [6.45, 7) is 0. The summed E-state index contributed by atoms with van der Waals surface area (Å²) in [5.41, 5.74) is -4.60. The number of rotatable bonds is 2. The maximum atomic E-state index is 13.8. The molecule has 24 heavy (non-hydrogen) atoms. The van der Waals surface area contributed by atoms with Crippen LogP contribution in [0, 0.1) is 5.82 Å². The third-order valence-corrected chi connectivity index (χ3v) is 3.53. The summed E-state index contributed by atoms with van der Waals surface area (Å²) >= 11 is 5.69. The molecule has 0 amide bonds. The molecule has 0 aliphatic heterocycles. The summed E-state index contributed by atoms with van der Waals surface area (Å²) in [6, 6.07) is 3.77. The Bertz CT molecular complexity index is 700. The molecule has 0 heterocycles. The first kappa shape index (κ1) is 18.5. The minimum atomic E-state index is -5.07. The fourth-order valence-corrected chi connectivity index (χ4v) is 2.34. The molecule has 0 aliphatic carbocycles. The van der Waals surface area contributed by atoms with Crippen LogP contribution in [-0.2, 0) is 12.4 Å². The zero-order chi connectivity index (χ0) is 18.3. The number of halogens is 8. The summed E-state index contributed by atoms with van der Waals surface area (Å²) in [5, 5.41) is 9.75. The van der Waals surface area contributed by atoms with Crippen molar-refractivity contribution in [3.05, 3.63) is 69.5 Å². The van der Waals surface area contributed by atoms with Crippen molar-refractivity contribution in [3.8, 4) is 0 Å². The first-order chi connectivity index (χ1) is 10.9. The lowest BCUT2D eigenvalue weighted by molar-refractivity contribution is -0.143. The van der Waals surface area contributed by atoms with Gasteiger partial charge in [-0.25, -0.2) is 4.39 Å². The standard InChI is InChI=1S/C15H8ClF7O/c16-10-2-1-3-11(17)12(10)13(24)7-4-8(14(18,19)20)6-9(5-7)15(21,22)23/h1-6,13,24H/t13-/m0/s1. The monoisotopic (exact) mass is 372 g/mol. The molecule has 1 nitrogen and oxygen atoms in total. The van der Waals surface area contributed by atoms with Crippen molar-refractivity contribution in [3.63, 3.8) is 0 Å². The van der Waals surface area contributed by atoms with Crippen LogP contribution in [-0.4, -0.2) is 5.11 Å². The molecule has 0 radical (unpaired) electrons. The van der Waals surface area contributed by atoms with Gasteiger partial charge < -0.3 is 5.11 Å². The lowest BCUT2D eigenvalue weighted by atomic mass is 9.96. The SMILES string of the molecule is O[C@@H](c1cc(C(F)(F)F)cc(C(F)(F)F)c1)c1c(F)cccc1Cl. The molecule has 0 spiro atoms. The smallest absolute Gasteiger partial charge is 0.383 e. The molecule has 0 saturated heterocycles. The minimum absolute atomic E-state index is 0.0841. The zero-order valence-corrected chi connectivity index (χ0v) is 12.3. The van der Waals surface area contributed by atoms with E-state index >= 15 is 0 Å². The van der Waals surface area contributed by atoms with Crippen molar-refractivity contribution in [2.45, 2.75) is 18.5 Å². The van der Waals surface area contributed by atoms with Crippen molar-refractivity contribution in [1.29, 1.82) is 0 Å². The van der Waals surface area contributed by atoms with Gasteiger partial charge in [-0.1, -0.05) is 17.7 Å². The van der Waals surface area contributed by atoms with E-state index in [4.69, 9.17) is 11.6 Å². The van der Waals surface area contributed by atoms with Gasteiger partial charge in [0.05, 0.1) is 11.1 Å². The van der Waals surface area contributed by atoms with E-state index in [0.717, 1.165) is 12.1 Å². The van der Waals surface area contributed by atoms with Gasteiger partial charge in [-0.3, -0.25) is 0 Å². The van der Waals surface area contributed by atoms with E-state index in [0.29, 0.717) is 12.1 Å². The predicted molar refractivity (Wildman–Crippen MR) is 71.9 cm³/mol. The van der Waals surface area contributed by atoms with Gasteiger partial charge in [-0.05, 0) is 35.9 Å². The second-order valence-corrected chi connectivity index (χ2v) is 5.28. The average molecular weight is 373 g/mol. The topological polar surface area (TPSA) is 20.2 Å². The van der Waals surface area contributed by atoms with Gasteiger partial charge in [0.15, 0.2) is 0 Å². The molecule has 9 heteroatoms. The van der Waals surface area contributed by atoms with E-state index in [1.54, 1.807) is 0 Å². The normalized spacial score (nSPS) is 13.9. The second kappa shape index (κ2) is 6.25. The van der Waals surface area contributed by atoms with Crippen LogP contribution in [0.3, 0.4) is 0 Å². The molecule has 2 aromatic rings. The maximum absolute atomic E-state index is 13.8. The molecule has 1 N–H and O–H groups in total. The van der Waals surface area contributed by atoms with E-state index in [2.05, 4.69) is 0 Å². The molecule has 0 aliphatic rings. The fraction of sp³-hybridized carbons (Fsp3) is 0.200. The third-order valence-electron chi connectivity index (χ3n) is 3.20. The number of aliphatic hydroxyl groups is 1. The van der Waals surface area contributed by atoms with Crippen LogP contribution >= 0.6 is 11.6 Å². The molecule has 2 aromatic carbocycles. The molecular weight excluding hydrogens is 365 g/mol. The molecule has 0 unspecified atom stereocenters. The highest BCUT2D eigenvalue weighted by Gasteiger charge is 2.37. The summed E-state index contributed by atoms with van der Waals surface area (Å²) in [5.74, 6) is -1.05. The molecule has 2 rings (SSSR count). The summed E-state index contributed by atoms with van der Waals surface area (Å²) in [6.07, 6.45) is -12.2. The van der Waals surface area contributed by atoms with Crippen LogP contribution in [0.4, 0.5) is 30.7 Å². The molecule has 0 bridgehead atoms. The molecular formula is C15H8ClF7O. The van der Waals surface area contributed by atoms with Crippen LogP contribution in [0.5, 0.6) is 0 Å². The lowest BCUT2D eigenvalue weighted by Gasteiger charge is -2.18. The maximum Gasteiger partial charge on any atom is 0.416 e. The molecule has 0 aromatic heterocycles. The number of alkyl halides is 6. The van der Waals surface area contributed by atoms with Crippen LogP contribution in [0.25, 0.3) is 0 Å². The fourth-order valence-electron chi connectivity index (χ4n) is 2.08. The van der Waals surface area contributed by atoms with Gasteiger partial charge in [-0.2, -0.15) is 26.3 Å². The summed E-state index contributed by atoms with van der Waals surface area (Å²) in [7, 11) is 0. The highest BCUT2D eigenvalue weighted by atomic mass is 35.5. The van der Waals surface area contributed by atoms with E-state index in [9.17, 15) is 35.8 Å². The molecule has 0 saturated carbocycles. The van der Waals surface area contributed by atoms with Crippen molar-refractivity contribution >= 4 is 11.6 Å². The van der Waals surface area contributed by atoms with E-state index < -0.39 is 46.5 Å². The van der Waals surface area contributed by atoms with Crippen LogP contribution < -0.4 is 0 Å². The number of aliphatic hydroxyl groups excluding tert-OH is 1. The summed E-state index contributed by atoms with van der Waals surface area (Å²) < 4.78 is 90.6. The van der Waals surface area contributed by atoms with Crippen LogP contribution in [0.2, 0.25) is 5.02 Å². The highest BCUT2D eigenvalue weighted by Crippen LogP contribution is 2.39.